The van der Waals surface area contributed by atoms with Crippen molar-refractivity contribution in [2.24, 2.45) is 0 Å². The summed E-state index contributed by atoms with van der Waals surface area (Å²) >= 11 is 0. The number of benzene rings is 1. The van der Waals surface area contributed by atoms with Crippen LogP contribution in [-0.2, 0) is 25.1 Å². The molecular formula is C20H28N2O6S. The summed E-state index contributed by atoms with van der Waals surface area (Å²) in [6.07, 6.45) is 0.747. The van der Waals surface area contributed by atoms with Crippen LogP contribution in [0.15, 0.2) is 28.7 Å². The third kappa shape index (κ3) is 7.51. The number of carbonyl (C=O) groups excluding carboxylic acids is 1. The first-order chi connectivity index (χ1) is 13.7. The predicted molar refractivity (Wildman–Crippen MR) is 109 cm³/mol. The molecule has 160 valence electrons. The van der Waals surface area contributed by atoms with E-state index >= 15 is 0 Å². The maximum atomic E-state index is 12.4. The van der Waals surface area contributed by atoms with Crippen LogP contribution in [0.25, 0.3) is 11.5 Å². The fraction of sp³-hybridized carbons (Fsp3) is 0.500. The lowest BCUT2D eigenvalue weighted by Crippen LogP contribution is -2.32. The molecule has 0 atom stereocenters. The summed E-state index contributed by atoms with van der Waals surface area (Å²) in [5.41, 5.74) is 1.01. The molecule has 1 N–H and O–H groups in total. The number of aryl methyl sites for hydroxylation is 1. The highest BCUT2D eigenvalue weighted by Crippen LogP contribution is 2.25. The fourth-order valence-electron chi connectivity index (χ4n) is 2.55. The molecule has 9 heteroatoms. The van der Waals surface area contributed by atoms with Crippen molar-refractivity contribution in [3.8, 4) is 17.2 Å². The van der Waals surface area contributed by atoms with Crippen molar-refractivity contribution < 1.29 is 27.1 Å². The molecule has 0 aliphatic rings. The van der Waals surface area contributed by atoms with Gasteiger partial charge in [0.2, 0.25) is 11.8 Å². The summed E-state index contributed by atoms with van der Waals surface area (Å²) in [6, 6.07) is 7.08. The minimum atomic E-state index is -3.68. The molecule has 29 heavy (non-hydrogen) atoms. The normalized spacial score (nSPS) is 11.6. The molecule has 8 nitrogen and oxygen atoms in total. The minimum Gasteiger partial charge on any atom is -0.497 e. The number of amides is 1. The molecule has 0 radical (unpaired) electrons. The molecule has 1 heterocycles. The second-order valence-electron chi connectivity index (χ2n) is 6.91. The van der Waals surface area contributed by atoms with Crippen LogP contribution >= 0.6 is 0 Å². The van der Waals surface area contributed by atoms with Crippen LogP contribution in [0.1, 0.15) is 31.7 Å². The first-order valence-corrected chi connectivity index (χ1v) is 11.2. The largest absolute Gasteiger partial charge is 0.497 e. The Morgan fingerprint density at radius 1 is 1.24 bits per heavy atom. The smallest absolute Gasteiger partial charge is 0.235 e. The van der Waals surface area contributed by atoms with E-state index in [9.17, 15) is 13.2 Å². The third-order valence-corrected chi connectivity index (χ3v) is 5.45. The Morgan fingerprint density at radius 3 is 2.55 bits per heavy atom. The van der Waals surface area contributed by atoms with Gasteiger partial charge in [0.1, 0.15) is 17.3 Å². The van der Waals surface area contributed by atoms with Crippen molar-refractivity contribution in [3.05, 3.63) is 35.7 Å². The number of hydrogen-bond acceptors (Lipinski definition) is 7. The van der Waals surface area contributed by atoms with Crippen molar-refractivity contribution in [3.63, 3.8) is 0 Å². The molecular weight excluding hydrogens is 396 g/mol. The predicted octanol–water partition coefficient (Wildman–Crippen LogP) is 2.50. The Labute approximate surface area is 171 Å². The van der Waals surface area contributed by atoms with Crippen LogP contribution in [0.3, 0.4) is 0 Å². The zero-order chi connectivity index (χ0) is 21.4. The standard InChI is InChI=1S/C20H28N2O6S/c1-14(2)27-11-5-10-21-19(23)13-29(24,25)12-18-15(3)28-20(22-18)16-6-8-17(26-4)9-7-16/h6-9,14H,5,10-13H2,1-4H3,(H,21,23). The van der Waals surface area contributed by atoms with E-state index in [2.05, 4.69) is 10.3 Å². The Balaban J connectivity index is 1.92. The molecule has 0 unspecified atom stereocenters. The van der Waals surface area contributed by atoms with Gasteiger partial charge in [-0.1, -0.05) is 0 Å². The molecule has 2 aromatic rings. The van der Waals surface area contributed by atoms with Crippen molar-refractivity contribution in [1.29, 1.82) is 0 Å². The van der Waals surface area contributed by atoms with Gasteiger partial charge in [0, 0.05) is 18.7 Å². The SMILES string of the molecule is COc1ccc(-c2nc(CS(=O)(=O)CC(=O)NCCCOC(C)C)c(C)o2)cc1. The second-order valence-corrected chi connectivity index (χ2v) is 8.97. The maximum Gasteiger partial charge on any atom is 0.235 e. The number of hydrogen-bond donors (Lipinski definition) is 1. The van der Waals surface area contributed by atoms with Crippen LogP contribution in [0, 0.1) is 6.92 Å². The van der Waals surface area contributed by atoms with E-state index in [0.717, 1.165) is 0 Å². The van der Waals surface area contributed by atoms with Crippen LogP contribution in [0.5, 0.6) is 5.75 Å². The third-order valence-electron chi connectivity index (χ3n) is 4.03. The van der Waals surface area contributed by atoms with Gasteiger partial charge in [0.15, 0.2) is 9.84 Å². The molecule has 1 amide bonds. The van der Waals surface area contributed by atoms with Gasteiger partial charge in [-0.05, 0) is 51.5 Å². The molecule has 0 saturated carbocycles. The maximum absolute atomic E-state index is 12.4. The van der Waals surface area contributed by atoms with Gasteiger partial charge in [0.05, 0.1) is 24.7 Å². The average molecular weight is 425 g/mol. The Kier molecular flexibility index (Phi) is 8.21. The number of ether oxygens (including phenoxy) is 2. The van der Waals surface area contributed by atoms with E-state index in [4.69, 9.17) is 13.9 Å². The number of nitrogens with one attached hydrogen (secondary N) is 1. The Morgan fingerprint density at radius 2 is 1.93 bits per heavy atom. The Bertz CT molecular complexity index is 904. The molecule has 1 aromatic carbocycles. The zero-order valence-corrected chi connectivity index (χ0v) is 18.0. The van der Waals surface area contributed by atoms with Gasteiger partial charge in [-0.2, -0.15) is 0 Å². The summed E-state index contributed by atoms with van der Waals surface area (Å²) in [5.74, 6) is -0.0619. The summed E-state index contributed by atoms with van der Waals surface area (Å²) in [6.45, 7) is 6.39. The number of methoxy groups -OCH3 is 1. The van der Waals surface area contributed by atoms with Crippen LogP contribution in [0.4, 0.5) is 0 Å². The van der Waals surface area contributed by atoms with E-state index in [1.165, 1.54) is 0 Å². The molecule has 0 fully saturated rings. The first kappa shape index (κ1) is 22.9. The summed E-state index contributed by atoms with van der Waals surface area (Å²) in [7, 11) is -2.11. The highest BCUT2D eigenvalue weighted by Gasteiger charge is 2.22. The van der Waals surface area contributed by atoms with Crippen molar-refractivity contribution in [2.75, 3.05) is 26.0 Å². The fourth-order valence-corrected chi connectivity index (χ4v) is 3.84. The molecule has 0 bridgehead atoms. The highest BCUT2D eigenvalue weighted by atomic mass is 32.2. The highest BCUT2D eigenvalue weighted by molar-refractivity contribution is 7.91. The van der Waals surface area contributed by atoms with Crippen molar-refractivity contribution >= 4 is 15.7 Å². The lowest BCUT2D eigenvalue weighted by molar-refractivity contribution is -0.118. The number of sulfone groups is 1. The first-order valence-electron chi connectivity index (χ1n) is 9.39. The molecule has 0 spiro atoms. The average Bonchev–Trinajstić information content (AvgIpc) is 3.00. The van der Waals surface area contributed by atoms with Crippen LogP contribution in [0.2, 0.25) is 0 Å². The van der Waals surface area contributed by atoms with Gasteiger partial charge >= 0.3 is 0 Å². The number of oxazole rings is 1. The van der Waals surface area contributed by atoms with Gasteiger partial charge in [-0.3, -0.25) is 4.79 Å². The number of nitrogens with zero attached hydrogens (tertiary/aromatic N) is 1. The van der Waals surface area contributed by atoms with E-state index < -0.39 is 21.5 Å². The van der Waals surface area contributed by atoms with E-state index in [1.54, 1.807) is 38.3 Å². The zero-order valence-electron chi connectivity index (χ0n) is 17.2. The molecule has 2 rings (SSSR count). The van der Waals surface area contributed by atoms with Crippen LogP contribution in [-0.4, -0.2) is 51.4 Å². The number of carbonyl (C=O) groups is 1. The monoisotopic (exact) mass is 424 g/mol. The minimum absolute atomic E-state index is 0.125. The van der Waals surface area contributed by atoms with Crippen molar-refractivity contribution in [2.45, 2.75) is 39.0 Å². The topological polar surface area (TPSA) is 108 Å². The van der Waals surface area contributed by atoms with E-state index in [-0.39, 0.29) is 11.9 Å². The summed E-state index contributed by atoms with van der Waals surface area (Å²) in [4.78, 5) is 16.2. The second kappa shape index (κ2) is 10.4. The molecule has 1 aromatic heterocycles. The van der Waals surface area contributed by atoms with Gasteiger partial charge < -0.3 is 19.2 Å². The van der Waals surface area contributed by atoms with Crippen LogP contribution < -0.4 is 10.1 Å². The van der Waals surface area contributed by atoms with Crippen molar-refractivity contribution in [1.82, 2.24) is 10.3 Å². The molecule has 0 saturated heterocycles. The number of aromatic nitrogens is 1. The van der Waals surface area contributed by atoms with Gasteiger partial charge in [0.25, 0.3) is 0 Å². The van der Waals surface area contributed by atoms with Gasteiger partial charge in [-0.15, -0.1) is 0 Å². The Hall–Kier alpha value is -2.39. The molecule has 0 aliphatic heterocycles. The summed E-state index contributed by atoms with van der Waals surface area (Å²) < 4.78 is 40.9. The summed E-state index contributed by atoms with van der Waals surface area (Å²) in [5, 5.41) is 2.60. The quantitative estimate of drug-likeness (QED) is 0.552. The van der Waals surface area contributed by atoms with E-state index in [0.29, 0.717) is 48.2 Å². The molecule has 0 aliphatic carbocycles. The van der Waals surface area contributed by atoms with E-state index in [1.807, 2.05) is 13.8 Å². The number of rotatable bonds is 11. The lowest BCUT2D eigenvalue weighted by atomic mass is 10.2. The van der Waals surface area contributed by atoms with Gasteiger partial charge in [-0.25, -0.2) is 13.4 Å². The lowest BCUT2D eigenvalue weighted by Gasteiger charge is -2.08.